The van der Waals surface area contributed by atoms with E-state index in [1.54, 1.807) is 24.8 Å². The van der Waals surface area contributed by atoms with E-state index in [2.05, 4.69) is 31.4 Å². The van der Waals surface area contributed by atoms with Crippen molar-refractivity contribution in [3.63, 3.8) is 0 Å². The molecule has 1 amide bonds. The molecular formula is C19H18BrN3O3S2. The third kappa shape index (κ3) is 5.03. The number of hydrogen-bond donors (Lipinski definition) is 1. The zero-order valence-electron chi connectivity index (χ0n) is 15.3. The summed E-state index contributed by atoms with van der Waals surface area (Å²) in [6.45, 7) is 2.59. The Morgan fingerprint density at radius 3 is 2.86 bits per heavy atom. The van der Waals surface area contributed by atoms with Gasteiger partial charge >= 0.3 is 0 Å². The number of halogens is 1. The van der Waals surface area contributed by atoms with Gasteiger partial charge in [-0.2, -0.15) is 0 Å². The molecule has 146 valence electrons. The highest BCUT2D eigenvalue weighted by molar-refractivity contribution is 9.10. The van der Waals surface area contributed by atoms with E-state index < -0.39 is 0 Å². The lowest BCUT2D eigenvalue weighted by Crippen LogP contribution is -2.13. The van der Waals surface area contributed by atoms with E-state index in [1.165, 1.54) is 23.1 Å². The van der Waals surface area contributed by atoms with E-state index in [-0.39, 0.29) is 5.91 Å². The maximum Gasteiger partial charge on any atom is 0.255 e. The van der Waals surface area contributed by atoms with Crippen molar-refractivity contribution in [2.75, 3.05) is 19.0 Å². The minimum absolute atomic E-state index is 0.244. The number of carbonyl (C=O) groups excluding carboxylic acids is 1. The fraction of sp³-hybridized carbons (Fsp3) is 0.211. The number of nitrogens with one attached hydrogen (secondary N) is 1. The number of amides is 1. The minimum Gasteiger partial charge on any atom is -0.493 e. The van der Waals surface area contributed by atoms with Crippen LogP contribution in [0.15, 0.2) is 55.6 Å². The summed E-state index contributed by atoms with van der Waals surface area (Å²) in [6, 6.07) is 11.0. The van der Waals surface area contributed by atoms with Crippen molar-refractivity contribution in [2.24, 2.45) is 0 Å². The van der Waals surface area contributed by atoms with E-state index in [0.717, 1.165) is 15.7 Å². The highest BCUT2D eigenvalue weighted by Crippen LogP contribution is 2.38. The SMILES string of the molecule is CCCOc1c(Br)cc(C(=O)Nc2ccccc2Sc2nncs2)cc1OC. The molecule has 1 N–H and O–H groups in total. The fourth-order valence-corrected chi connectivity index (χ4v) is 4.43. The molecule has 28 heavy (non-hydrogen) atoms. The highest BCUT2D eigenvalue weighted by Gasteiger charge is 2.17. The molecule has 0 aliphatic carbocycles. The van der Waals surface area contributed by atoms with Crippen LogP contribution in [-0.4, -0.2) is 29.8 Å². The first-order valence-electron chi connectivity index (χ1n) is 8.47. The van der Waals surface area contributed by atoms with Gasteiger partial charge in [0.25, 0.3) is 5.91 Å². The molecule has 2 aromatic carbocycles. The van der Waals surface area contributed by atoms with Gasteiger partial charge in [0.1, 0.15) is 5.51 Å². The van der Waals surface area contributed by atoms with Crippen LogP contribution in [0.2, 0.25) is 0 Å². The number of para-hydroxylation sites is 1. The first-order chi connectivity index (χ1) is 13.6. The Morgan fingerprint density at radius 1 is 1.32 bits per heavy atom. The second-order valence-corrected chi connectivity index (χ2v) is 8.57. The molecule has 0 saturated carbocycles. The van der Waals surface area contributed by atoms with Crippen LogP contribution in [0, 0.1) is 0 Å². The summed E-state index contributed by atoms with van der Waals surface area (Å²) < 4.78 is 12.6. The van der Waals surface area contributed by atoms with Gasteiger partial charge < -0.3 is 14.8 Å². The Bertz CT molecular complexity index is 952. The van der Waals surface area contributed by atoms with Gasteiger partial charge in [-0.1, -0.05) is 42.2 Å². The van der Waals surface area contributed by atoms with Gasteiger partial charge in [-0.05, 0) is 46.6 Å². The standard InChI is InChI=1S/C19H18BrN3O3S2/c1-3-8-26-17-13(20)9-12(10-15(17)25-2)18(24)22-14-6-4-5-7-16(14)28-19-23-21-11-27-19/h4-7,9-11H,3,8H2,1-2H3,(H,22,24). The van der Waals surface area contributed by atoms with Crippen molar-refractivity contribution in [1.82, 2.24) is 10.2 Å². The maximum absolute atomic E-state index is 12.9. The molecule has 0 spiro atoms. The van der Waals surface area contributed by atoms with Crippen LogP contribution in [0.3, 0.4) is 0 Å². The largest absolute Gasteiger partial charge is 0.493 e. The number of ether oxygens (including phenoxy) is 2. The van der Waals surface area contributed by atoms with Gasteiger partial charge in [0.05, 0.1) is 23.9 Å². The topological polar surface area (TPSA) is 73.3 Å². The van der Waals surface area contributed by atoms with Crippen molar-refractivity contribution in [3.05, 3.63) is 51.9 Å². The summed E-state index contributed by atoms with van der Waals surface area (Å²) >= 11 is 6.38. The summed E-state index contributed by atoms with van der Waals surface area (Å²) in [5.74, 6) is 0.851. The molecule has 0 atom stereocenters. The molecule has 0 fully saturated rings. The smallest absolute Gasteiger partial charge is 0.255 e. The lowest BCUT2D eigenvalue weighted by Gasteiger charge is -2.14. The van der Waals surface area contributed by atoms with Gasteiger partial charge in [0.2, 0.25) is 0 Å². The molecule has 1 aromatic heterocycles. The van der Waals surface area contributed by atoms with E-state index in [9.17, 15) is 4.79 Å². The summed E-state index contributed by atoms with van der Waals surface area (Å²) in [4.78, 5) is 13.7. The van der Waals surface area contributed by atoms with Crippen LogP contribution in [0.1, 0.15) is 23.7 Å². The van der Waals surface area contributed by atoms with Crippen molar-refractivity contribution < 1.29 is 14.3 Å². The van der Waals surface area contributed by atoms with Crippen LogP contribution in [0.25, 0.3) is 0 Å². The summed E-state index contributed by atoms with van der Waals surface area (Å²) in [6.07, 6.45) is 0.876. The minimum atomic E-state index is -0.244. The van der Waals surface area contributed by atoms with E-state index in [1.807, 2.05) is 31.2 Å². The molecule has 1 heterocycles. The third-order valence-electron chi connectivity index (χ3n) is 3.61. The van der Waals surface area contributed by atoms with E-state index in [0.29, 0.717) is 33.8 Å². The lowest BCUT2D eigenvalue weighted by atomic mass is 10.1. The molecule has 0 unspecified atom stereocenters. The molecule has 6 nitrogen and oxygen atoms in total. The predicted molar refractivity (Wildman–Crippen MR) is 115 cm³/mol. The molecule has 0 aliphatic heterocycles. The van der Waals surface area contributed by atoms with Gasteiger partial charge in [-0.3, -0.25) is 4.79 Å². The molecular weight excluding hydrogens is 462 g/mol. The maximum atomic E-state index is 12.9. The first-order valence-corrected chi connectivity index (χ1v) is 11.0. The zero-order chi connectivity index (χ0) is 19.9. The highest BCUT2D eigenvalue weighted by atomic mass is 79.9. The van der Waals surface area contributed by atoms with Crippen molar-refractivity contribution in [1.29, 1.82) is 0 Å². The van der Waals surface area contributed by atoms with Crippen LogP contribution in [0.5, 0.6) is 11.5 Å². The Labute approximate surface area is 179 Å². The molecule has 9 heteroatoms. The van der Waals surface area contributed by atoms with Crippen molar-refractivity contribution >= 4 is 50.6 Å². The first kappa shape index (κ1) is 20.6. The Hall–Kier alpha value is -2.10. The number of methoxy groups -OCH3 is 1. The Morgan fingerprint density at radius 2 is 2.14 bits per heavy atom. The lowest BCUT2D eigenvalue weighted by molar-refractivity contribution is 0.102. The molecule has 0 saturated heterocycles. The van der Waals surface area contributed by atoms with Gasteiger partial charge in [0.15, 0.2) is 15.8 Å². The number of hydrogen-bond acceptors (Lipinski definition) is 7. The van der Waals surface area contributed by atoms with Gasteiger partial charge in [-0.15, -0.1) is 10.2 Å². The van der Waals surface area contributed by atoms with Gasteiger partial charge in [-0.25, -0.2) is 0 Å². The average molecular weight is 480 g/mol. The number of anilines is 1. The molecule has 0 bridgehead atoms. The van der Waals surface area contributed by atoms with Crippen molar-refractivity contribution in [2.45, 2.75) is 22.6 Å². The fourth-order valence-electron chi connectivity index (χ4n) is 2.35. The quantitative estimate of drug-likeness (QED) is 0.459. The monoisotopic (exact) mass is 479 g/mol. The molecule has 0 aliphatic rings. The summed E-state index contributed by atoms with van der Waals surface area (Å²) in [7, 11) is 1.55. The second kappa shape index (κ2) is 9.90. The number of aromatic nitrogens is 2. The molecule has 0 radical (unpaired) electrons. The molecule has 3 rings (SSSR count). The number of benzene rings is 2. The third-order valence-corrected chi connectivity index (χ3v) is 6.06. The number of carbonyl (C=O) groups is 1. The van der Waals surface area contributed by atoms with Gasteiger partial charge in [0, 0.05) is 10.5 Å². The number of rotatable bonds is 8. The predicted octanol–water partition coefficient (Wildman–Crippen LogP) is 5.50. The number of nitrogens with zero attached hydrogens (tertiary/aromatic N) is 2. The molecule has 3 aromatic rings. The zero-order valence-corrected chi connectivity index (χ0v) is 18.5. The average Bonchev–Trinajstić information content (AvgIpc) is 3.21. The van der Waals surface area contributed by atoms with E-state index in [4.69, 9.17) is 9.47 Å². The Kier molecular flexibility index (Phi) is 7.30. The Balaban J connectivity index is 1.83. The van der Waals surface area contributed by atoms with Crippen LogP contribution < -0.4 is 14.8 Å². The van der Waals surface area contributed by atoms with Crippen LogP contribution in [0.4, 0.5) is 5.69 Å². The second-order valence-electron chi connectivity index (χ2n) is 5.59. The van der Waals surface area contributed by atoms with Crippen molar-refractivity contribution in [3.8, 4) is 11.5 Å². The van der Waals surface area contributed by atoms with Crippen LogP contribution >= 0.6 is 39.0 Å². The summed E-state index contributed by atoms with van der Waals surface area (Å²) in [5.41, 5.74) is 2.84. The van der Waals surface area contributed by atoms with Crippen LogP contribution in [-0.2, 0) is 0 Å². The van der Waals surface area contributed by atoms with E-state index >= 15 is 0 Å². The normalized spacial score (nSPS) is 10.5. The summed E-state index contributed by atoms with van der Waals surface area (Å²) in [5, 5.41) is 10.8.